The third-order valence-corrected chi connectivity index (χ3v) is 3.30. The fourth-order valence-electron chi connectivity index (χ4n) is 1.97. The Kier molecular flexibility index (Phi) is 4.91. The van der Waals surface area contributed by atoms with E-state index in [1.54, 1.807) is 0 Å². The van der Waals surface area contributed by atoms with Gasteiger partial charge in [0.2, 0.25) is 0 Å². The summed E-state index contributed by atoms with van der Waals surface area (Å²) in [6, 6.07) is 5.38. The van der Waals surface area contributed by atoms with Gasteiger partial charge >= 0.3 is 18.0 Å². The number of nitrogens with one attached hydrogen (secondary N) is 1. The molecule has 2 amide bonds. The quantitative estimate of drug-likeness (QED) is 0.870. The average Bonchev–Trinajstić information content (AvgIpc) is 2.91. The lowest BCUT2D eigenvalue weighted by molar-refractivity contribution is -0.142. The van der Waals surface area contributed by atoms with Crippen LogP contribution in [0, 0.1) is 0 Å². The molecule has 0 aromatic carbocycles. The third-order valence-electron chi connectivity index (χ3n) is 3.30. The Morgan fingerprint density at radius 2 is 2.00 bits per heavy atom. The molecule has 0 atom stereocenters. The van der Waals surface area contributed by atoms with Crippen molar-refractivity contribution in [3.8, 4) is 0 Å². The number of likely N-dealkylation sites (N-methyl/N-ethyl adjacent to an activating group) is 1. The highest BCUT2D eigenvalue weighted by molar-refractivity contribution is 6.39. The molecule has 0 unspecified atom stereocenters. The first-order valence-electron chi connectivity index (χ1n) is 6.88. The summed E-state index contributed by atoms with van der Waals surface area (Å²) in [6.07, 6.45) is -1.90. The Bertz CT molecular complexity index is 738. The van der Waals surface area contributed by atoms with E-state index in [-0.39, 0.29) is 12.2 Å². The second kappa shape index (κ2) is 6.73. The smallest absolute Gasteiger partial charge is 0.353 e. The van der Waals surface area contributed by atoms with E-state index in [1.807, 2.05) is 29.9 Å². The second-order valence-corrected chi connectivity index (χ2v) is 5.16. The zero-order valence-corrected chi connectivity index (χ0v) is 13.0. The molecule has 1 N–H and O–H groups in total. The van der Waals surface area contributed by atoms with Crippen molar-refractivity contribution in [1.82, 2.24) is 14.5 Å². The van der Waals surface area contributed by atoms with E-state index in [1.165, 1.54) is 11.9 Å². The normalized spacial score (nSPS) is 11.2. The lowest BCUT2D eigenvalue weighted by Crippen LogP contribution is -2.37. The molecule has 0 fully saturated rings. The van der Waals surface area contributed by atoms with Crippen LogP contribution in [0.25, 0.3) is 0 Å². The van der Waals surface area contributed by atoms with E-state index in [9.17, 15) is 22.8 Å². The van der Waals surface area contributed by atoms with Crippen LogP contribution in [0.15, 0.2) is 36.7 Å². The predicted octanol–water partition coefficient (Wildman–Crippen LogP) is 2.04. The van der Waals surface area contributed by atoms with Gasteiger partial charge in [0.15, 0.2) is 0 Å². The summed E-state index contributed by atoms with van der Waals surface area (Å²) in [4.78, 5) is 28.3. The summed E-state index contributed by atoms with van der Waals surface area (Å²) in [7, 11) is 3.27. The van der Waals surface area contributed by atoms with Gasteiger partial charge in [-0.15, -0.1) is 0 Å². The number of pyridine rings is 1. The molecule has 0 aliphatic rings. The minimum Gasteiger partial charge on any atom is -0.353 e. The first kappa shape index (κ1) is 17.5. The van der Waals surface area contributed by atoms with Crippen LogP contribution < -0.4 is 5.32 Å². The molecule has 24 heavy (non-hydrogen) atoms. The summed E-state index contributed by atoms with van der Waals surface area (Å²) in [6.45, 7) is 0.223. The van der Waals surface area contributed by atoms with Crippen LogP contribution in [0.2, 0.25) is 0 Å². The van der Waals surface area contributed by atoms with Gasteiger partial charge in [0.25, 0.3) is 0 Å². The molecule has 2 heterocycles. The van der Waals surface area contributed by atoms with Crippen LogP contribution in [-0.2, 0) is 29.4 Å². The molecule has 0 bridgehead atoms. The Labute approximate surface area is 135 Å². The Morgan fingerprint density at radius 3 is 2.50 bits per heavy atom. The zero-order chi connectivity index (χ0) is 17.9. The lowest BCUT2D eigenvalue weighted by atomic mass is 10.3. The van der Waals surface area contributed by atoms with Crippen LogP contribution >= 0.6 is 0 Å². The number of anilines is 1. The number of halogens is 3. The van der Waals surface area contributed by atoms with Crippen molar-refractivity contribution in [1.29, 1.82) is 0 Å². The fraction of sp³-hybridized carbons (Fsp3) is 0.267. The molecule has 2 aromatic rings. The van der Waals surface area contributed by atoms with Crippen LogP contribution in [0.4, 0.5) is 18.9 Å². The summed E-state index contributed by atoms with van der Waals surface area (Å²) in [5.41, 5.74) is -0.240. The Morgan fingerprint density at radius 1 is 1.29 bits per heavy atom. The molecule has 0 saturated heterocycles. The number of amides is 2. The summed E-state index contributed by atoms with van der Waals surface area (Å²) in [5, 5.41) is 2.23. The summed E-state index contributed by atoms with van der Waals surface area (Å²) < 4.78 is 39.1. The zero-order valence-electron chi connectivity index (χ0n) is 13.0. The van der Waals surface area contributed by atoms with Gasteiger partial charge in [0, 0.05) is 26.0 Å². The number of aryl methyl sites for hydroxylation is 1. The number of hydrogen-bond donors (Lipinski definition) is 1. The van der Waals surface area contributed by atoms with Crippen LogP contribution in [0.1, 0.15) is 11.4 Å². The van der Waals surface area contributed by atoms with Gasteiger partial charge < -0.3 is 14.8 Å². The van der Waals surface area contributed by atoms with Crippen molar-refractivity contribution < 1.29 is 22.8 Å². The van der Waals surface area contributed by atoms with Gasteiger partial charge in [-0.05, 0) is 24.3 Å². The molecular formula is C15H15F3N4O2. The van der Waals surface area contributed by atoms with E-state index in [2.05, 4.69) is 10.3 Å². The molecule has 2 rings (SSSR count). The van der Waals surface area contributed by atoms with E-state index >= 15 is 0 Å². The van der Waals surface area contributed by atoms with Crippen LogP contribution in [0.5, 0.6) is 0 Å². The van der Waals surface area contributed by atoms with Gasteiger partial charge in [0.05, 0.1) is 18.4 Å². The molecule has 0 saturated carbocycles. The first-order valence-corrected chi connectivity index (χ1v) is 6.88. The van der Waals surface area contributed by atoms with Crippen LogP contribution in [-0.4, -0.2) is 33.3 Å². The SMILES string of the molecule is CN(Cc1cccn1C)C(=O)C(=O)Nc1ccc(C(F)(F)F)nc1. The first-order chi connectivity index (χ1) is 11.2. The molecule has 0 aliphatic carbocycles. The maximum atomic E-state index is 12.4. The van der Waals surface area contributed by atoms with E-state index < -0.39 is 23.7 Å². The number of carbonyl (C=O) groups is 2. The number of aromatic nitrogens is 2. The third kappa shape index (κ3) is 4.12. The molecule has 128 valence electrons. The maximum absolute atomic E-state index is 12.4. The largest absolute Gasteiger partial charge is 0.433 e. The summed E-state index contributed by atoms with van der Waals surface area (Å²) in [5.74, 6) is -1.76. The molecule has 0 aliphatic heterocycles. The van der Waals surface area contributed by atoms with Crippen molar-refractivity contribution in [2.24, 2.45) is 7.05 Å². The average molecular weight is 340 g/mol. The van der Waals surface area contributed by atoms with Gasteiger partial charge in [-0.25, -0.2) is 4.98 Å². The molecule has 0 spiro atoms. The van der Waals surface area contributed by atoms with Crippen molar-refractivity contribution in [2.75, 3.05) is 12.4 Å². The number of alkyl halides is 3. The van der Waals surface area contributed by atoms with E-state index in [0.29, 0.717) is 0 Å². The van der Waals surface area contributed by atoms with Crippen molar-refractivity contribution in [3.63, 3.8) is 0 Å². The number of rotatable bonds is 3. The fourth-order valence-corrected chi connectivity index (χ4v) is 1.97. The van der Waals surface area contributed by atoms with Gasteiger partial charge in [-0.2, -0.15) is 13.2 Å². The number of carbonyl (C=O) groups excluding carboxylic acids is 2. The second-order valence-electron chi connectivity index (χ2n) is 5.16. The molecule has 0 radical (unpaired) electrons. The number of hydrogen-bond acceptors (Lipinski definition) is 3. The monoisotopic (exact) mass is 340 g/mol. The van der Waals surface area contributed by atoms with Gasteiger partial charge in [0.1, 0.15) is 5.69 Å². The predicted molar refractivity (Wildman–Crippen MR) is 79.8 cm³/mol. The Balaban J connectivity index is 1.98. The highest BCUT2D eigenvalue weighted by Crippen LogP contribution is 2.27. The van der Waals surface area contributed by atoms with Gasteiger partial charge in [-0.1, -0.05) is 0 Å². The highest BCUT2D eigenvalue weighted by Gasteiger charge is 2.32. The molecule has 2 aromatic heterocycles. The van der Waals surface area contributed by atoms with Crippen LogP contribution in [0.3, 0.4) is 0 Å². The lowest BCUT2D eigenvalue weighted by Gasteiger charge is -2.17. The number of nitrogens with zero attached hydrogens (tertiary/aromatic N) is 3. The van der Waals surface area contributed by atoms with Gasteiger partial charge in [-0.3, -0.25) is 9.59 Å². The summed E-state index contributed by atoms with van der Waals surface area (Å²) >= 11 is 0. The minimum atomic E-state index is -4.56. The Hall–Kier alpha value is -2.84. The van der Waals surface area contributed by atoms with Crippen molar-refractivity contribution >= 4 is 17.5 Å². The minimum absolute atomic E-state index is 0.00798. The van der Waals surface area contributed by atoms with Crippen molar-refractivity contribution in [2.45, 2.75) is 12.7 Å². The van der Waals surface area contributed by atoms with E-state index in [0.717, 1.165) is 24.0 Å². The highest BCUT2D eigenvalue weighted by atomic mass is 19.4. The standard InChI is InChI=1S/C15H15F3N4O2/c1-21-7-3-4-11(21)9-22(2)14(24)13(23)20-10-5-6-12(19-8-10)15(16,17)18/h3-8H,9H2,1-2H3,(H,20,23). The molecule has 9 heteroatoms. The maximum Gasteiger partial charge on any atom is 0.433 e. The molecule has 6 nitrogen and oxygen atoms in total. The topological polar surface area (TPSA) is 67.2 Å². The van der Waals surface area contributed by atoms with E-state index in [4.69, 9.17) is 0 Å². The van der Waals surface area contributed by atoms with Crippen molar-refractivity contribution in [3.05, 3.63) is 48.0 Å². The molecular weight excluding hydrogens is 325 g/mol.